The molecule has 0 heterocycles. The molecule has 14 heavy (non-hydrogen) atoms. The minimum Gasteiger partial charge on any atom is -0.462 e. The number of carbonyl (C=O) groups is 1. The van der Waals surface area contributed by atoms with Crippen LogP contribution in [0, 0.1) is 0 Å². The van der Waals surface area contributed by atoms with Crippen LogP contribution in [0.1, 0.15) is 26.2 Å². The summed E-state index contributed by atoms with van der Waals surface area (Å²) in [6.07, 6.45) is 7.74. The SMILES string of the molecule is C=C/C=C(\C=C)C(=O)OCCCCC. The number of hydrogen-bond acceptors (Lipinski definition) is 2. The molecule has 0 aromatic carbocycles. The summed E-state index contributed by atoms with van der Waals surface area (Å²) in [4.78, 5) is 11.3. The summed E-state index contributed by atoms with van der Waals surface area (Å²) in [5, 5.41) is 0. The zero-order valence-electron chi connectivity index (χ0n) is 8.79. The molecule has 0 rings (SSSR count). The highest BCUT2D eigenvalue weighted by atomic mass is 16.5. The van der Waals surface area contributed by atoms with Crippen molar-refractivity contribution in [1.29, 1.82) is 0 Å². The molecule has 0 spiro atoms. The van der Waals surface area contributed by atoms with E-state index in [-0.39, 0.29) is 5.97 Å². The number of unbranched alkanes of at least 4 members (excludes halogenated alkanes) is 2. The summed E-state index contributed by atoms with van der Waals surface area (Å²) in [5.74, 6) is -0.323. The molecule has 0 N–H and O–H groups in total. The fourth-order valence-corrected chi connectivity index (χ4v) is 0.947. The van der Waals surface area contributed by atoms with E-state index < -0.39 is 0 Å². The molecule has 0 saturated carbocycles. The predicted octanol–water partition coefficient (Wildman–Crippen LogP) is 3.02. The molecule has 0 aliphatic carbocycles. The Morgan fingerprint density at radius 3 is 2.57 bits per heavy atom. The van der Waals surface area contributed by atoms with Crippen LogP contribution in [-0.4, -0.2) is 12.6 Å². The van der Waals surface area contributed by atoms with E-state index in [1.54, 1.807) is 12.2 Å². The molecule has 0 radical (unpaired) electrons. The van der Waals surface area contributed by atoms with E-state index in [0.29, 0.717) is 12.2 Å². The lowest BCUT2D eigenvalue weighted by Crippen LogP contribution is -2.07. The van der Waals surface area contributed by atoms with Gasteiger partial charge in [0.2, 0.25) is 0 Å². The molecule has 0 saturated heterocycles. The highest BCUT2D eigenvalue weighted by molar-refractivity contribution is 5.91. The Morgan fingerprint density at radius 1 is 1.36 bits per heavy atom. The Morgan fingerprint density at radius 2 is 2.07 bits per heavy atom. The van der Waals surface area contributed by atoms with Gasteiger partial charge in [0.05, 0.1) is 12.2 Å². The van der Waals surface area contributed by atoms with Crippen molar-refractivity contribution < 1.29 is 9.53 Å². The van der Waals surface area contributed by atoms with Gasteiger partial charge in [0.15, 0.2) is 0 Å². The predicted molar refractivity (Wildman–Crippen MR) is 59.0 cm³/mol. The number of allylic oxidation sites excluding steroid dienone is 2. The van der Waals surface area contributed by atoms with Crippen LogP contribution in [0.3, 0.4) is 0 Å². The number of carbonyl (C=O) groups excluding carboxylic acids is 1. The van der Waals surface area contributed by atoms with Gasteiger partial charge in [-0.25, -0.2) is 4.79 Å². The molecule has 0 amide bonds. The van der Waals surface area contributed by atoms with Crippen molar-refractivity contribution in [2.24, 2.45) is 0 Å². The summed E-state index contributed by atoms with van der Waals surface area (Å²) < 4.78 is 5.02. The fraction of sp³-hybridized carbons (Fsp3) is 0.417. The zero-order valence-corrected chi connectivity index (χ0v) is 8.79. The highest BCUT2D eigenvalue weighted by Crippen LogP contribution is 2.02. The molecule has 2 nitrogen and oxygen atoms in total. The molecule has 0 aromatic rings. The lowest BCUT2D eigenvalue weighted by atomic mass is 10.2. The molecule has 2 heteroatoms. The lowest BCUT2D eigenvalue weighted by molar-refractivity contribution is -0.138. The third-order valence-corrected chi connectivity index (χ3v) is 1.73. The van der Waals surface area contributed by atoms with E-state index in [1.165, 1.54) is 6.08 Å². The molecule has 0 bridgehead atoms. The van der Waals surface area contributed by atoms with E-state index in [1.807, 2.05) is 0 Å². The first-order chi connectivity index (χ1) is 6.76. The van der Waals surface area contributed by atoms with Gasteiger partial charge in [-0.15, -0.1) is 0 Å². The summed E-state index contributed by atoms with van der Waals surface area (Å²) >= 11 is 0. The number of ether oxygens (including phenoxy) is 1. The maximum Gasteiger partial charge on any atom is 0.338 e. The molecule has 0 atom stereocenters. The summed E-state index contributed by atoms with van der Waals surface area (Å²) in [6, 6.07) is 0. The van der Waals surface area contributed by atoms with Gasteiger partial charge in [-0.1, -0.05) is 45.1 Å². The van der Waals surface area contributed by atoms with Crippen LogP contribution in [-0.2, 0) is 9.53 Å². The average Bonchev–Trinajstić information content (AvgIpc) is 2.20. The van der Waals surface area contributed by atoms with Gasteiger partial charge in [-0.3, -0.25) is 0 Å². The number of hydrogen-bond donors (Lipinski definition) is 0. The third kappa shape index (κ3) is 5.36. The van der Waals surface area contributed by atoms with E-state index in [0.717, 1.165) is 19.3 Å². The van der Waals surface area contributed by atoms with Crippen molar-refractivity contribution in [3.05, 3.63) is 37.0 Å². The fourth-order valence-electron chi connectivity index (χ4n) is 0.947. The molecular weight excluding hydrogens is 176 g/mol. The Labute approximate surface area is 86.0 Å². The smallest absolute Gasteiger partial charge is 0.338 e. The van der Waals surface area contributed by atoms with Gasteiger partial charge >= 0.3 is 5.97 Å². The average molecular weight is 194 g/mol. The third-order valence-electron chi connectivity index (χ3n) is 1.73. The molecule has 0 aliphatic heterocycles. The first kappa shape index (κ1) is 12.7. The highest BCUT2D eigenvalue weighted by Gasteiger charge is 2.05. The molecular formula is C12H18O2. The van der Waals surface area contributed by atoms with Gasteiger partial charge in [0.25, 0.3) is 0 Å². The molecule has 78 valence electrons. The molecule has 0 aromatic heterocycles. The van der Waals surface area contributed by atoms with Gasteiger partial charge in [-0.05, 0) is 12.5 Å². The second-order valence-corrected chi connectivity index (χ2v) is 2.90. The van der Waals surface area contributed by atoms with Crippen molar-refractivity contribution in [3.63, 3.8) is 0 Å². The Bertz CT molecular complexity index is 226. The second-order valence-electron chi connectivity index (χ2n) is 2.90. The van der Waals surface area contributed by atoms with Crippen molar-refractivity contribution in [1.82, 2.24) is 0 Å². The standard InChI is InChI=1S/C12H18O2/c1-4-7-8-10-14-12(13)11(6-3)9-5-2/h5-6,9H,2-4,7-8,10H2,1H3/b11-9+. The quantitative estimate of drug-likeness (QED) is 0.269. The van der Waals surface area contributed by atoms with Crippen LogP contribution >= 0.6 is 0 Å². The van der Waals surface area contributed by atoms with Gasteiger partial charge < -0.3 is 4.74 Å². The van der Waals surface area contributed by atoms with Crippen LogP contribution in [0.25, 0.3) is 0 Å². The zero-order chi connectivity index (χ0) is 10.8. The van der Waals surface area contributed by atoms with Crippen LogP contribution in [0.5, 0.6) is 0 Å². The number of esters is 1. The Kier molecular flexibility index (Phi) is 7.52. The molecule has 0 unspecified atom stereocenters. The Balaban J connectivity index is 3.87. The van der Waals surface area contributed by atoms with Crippen LogP contribution in [0.15, 0.2) is 37.0 Å². The lowest BCUT2D eigenvalue weighted by Gasteiger charge is -2.03. The van der Waals surface area contributed by atoms with Crippen molar-refractivity contribution in [2.75, 3.05) is 6.61 Å². The minimum absolute atomic E-state index is 0.323. The number of rotatable bonds is 7. The van der Waals surface area contributed by atoms with Gasteiger partial charge in [0.1, 0.15) is 0 Å². The maximum atomic E-state index is 11.3. The Hall–Kier alpha value is -1.31. The van der Waals surface area contributed by atoms with Crippen molar-refractivity contribution in [2.45, 2.75) is 26.2 Å². The van der Waals surface area contributed by atoms with Crippen LogP contribution in [0.2, 0.25) is 0 Å². The normalized spacial score (nSPS) is 10.8. The summed E-state index contributed by atoms with van der Waals surface area (Å²) in [6.45, 7) is 9.62. The van der Waals surface area contributed by atoms with Crippen molar-refractivity contribution in [3.8, 4) is 0 Å². The van der Waals surface area contributed by atoms with Crippen LogP contribution in [0.4, 0.5) is 0 Å². The second kappa shape index (κ2) is 8.30. The van der Waals surface area contributed by atoms with E-state index >= 15 is 0 Å². The van der Waals surface area contributed by atoms with Gasteiger partial charge in [-0.2, -0.15) is 0 Å². The van der Waals surface area contributed by atoms with Gasteiger partial charge in [0, 0.05) is 0 Å². The first-order valence-corrected chi connectivity index (χ1v) is 4.88. The minimum atomic E-state index is -0.323. The van der Waals surface area contributed by atoms with E-state index in [2.05, 4.69) is 20.1 Å². The van der Waals surface area contributed by atoms with E-state index in [9.17, 15) is 4.79 Å². The first-order valence-electron chi connectivity index (χ1n) is 4.88. The van der Waals surface area contributed by atoms with E-state index in [4.69, 9.17) is 4.74 Å². The topological polar surface area (TPSA) is 26.3 Å². The summed E-state index contributed by atoms with van der Waals surface area (Å²) in [7, 11) is 0. The molecule has 0 aliphatic rings. The monoisotopic (exact) mass is 194 g/mol. The van der Waals surface area contributed by atoms with Crippen molar-refractivity contribution >= 4 is 5.97 Å². The summed E-state index contributed by atoms with van der Waals surface area (Å²) in [5.41, 5.74) is 0.455. The largest absolute Gasteiger partial charge is 0.462 e. The maximum absolute atomic E-state index is 11.3. The van der Waals surface area contributed by atoms with Crippen LogP contribution < -0.4 is 0 Å². The molecule has 0 fully saturated rings.